The highest BCUT2D eigenvalue weighted by Gasteiger charge is 2.13. The lowest BCUT2D eigenvalue weighted by atomic mass is 10.0. The summed E-state index contributed by atoms with van der Waals surface area (Å²) in [4.78, 5) is 25.2. The number of amides is 2. The van der Waals surface area contributed by atoms with Crippen LogP contribution >= 0.6 is 0 Å². The molecule has 7 N–H and O–H groups in total. The van der Waals surface area contributed by atoms with Gasteiger partial charge in [0.25, 0.3) is 11.8 Å². The third-order valence-electron chi connectivity index (χ3n) is 7.37. The zero-order chi connectivity index (χ0) is 28.7. The predicted octanol–water partition coefficient (Wildman–Crippen LogP) is 6.57. The molecule has 7 nitrogen and oxygen atoms in total. The van der Waals surface area contributed by atoms with E-state index in [1.165, 1.54) is 82.4 Å². The van der Waals surface area contributed by atoms with Gasteiger partial charge in [-0.3, -0.25) is 9.59 Å². The summed E-state index contributed by atoms with van der Waals surface area (Å²) in [5, 5.41) is 15.9. The smallest absolute Gasteiger partial charge is 0.251 e. The summed E-state index contributed by atoms with van der Waals surface area (Å²) >= 11 is 0. The molecule has 0 bridgehead atoms. The van der Waals surface area contributed by atoms with Crippen molar-refractivity contribution >= 4 is 11.8 Å². The van der Waals surface area contributed by atoms with Crippen LogP contribution in [0.25, 0.3) is 0 Å². The number of unbranched alkanes of at least 4 members (excludes halogenated alkanes) is 10. The van der Waals surface area contributed by atoms with Crippen molar-refractivity contribution in [1.29, 1.82) is 0 Å². The Morgan fingerprint density at radius 3 is 1.38 bits per heavy atom. The summed E-state index contributed by atoms with van der Waals surface area (Å²) in [6.07, 6.45) is 20.5. The fourth-order valence-electron chi connectivity index (χ4n) is 4.87. The fraction of sp³-hybridized carbons (Fsp3) is 0.750. The average molecular weight is 547 g/mol. The number of nitrogens with one attached hydrogen (secondary N) is 2. The highest BCUT2D eigenvalue weighted by Crippen LogP contribution is 2.17. The van der Waals surface area contributed by atoms with E-state index in [9.17, 15) is 14.7 Å². The Bertz CT molecular complexity index is 726. The van der Waals surface area contributed by atoms with Crippen molar-refractivity contribution in [2.75, 3.05) is 13.1 Å². The van der Waals surface area contributed by atoms with Gasteiger partial charge in [-0.15, -0.1) is 0 Å². The summed E-state index contributed by atoms with van der Waals surface area (Å²) in [6, 6.07) is 4.62. The second kappa shape index (κ2) is 22.7. The zero-order valence-corrected chi connectivity index (χ0v) is 24.9. The Hall–Kier alpha value is -2.12. The number of carbonyl (C=O) groups is 2. The lowest BCUT2D eigenvalue weighted by molar-refractivity contribution is 0.0952. The van der Waals surface area contributed by atoms with Crippen LogP contribution in [0.2, 0.25) is 0 Å². The normalized spacial score (nSPS) is 12.7. The maximum Gasteiger partial charge on any atom is 0.251 e. The molecule has 0 heterocycles. The summed E-state index contributed by atoms with van der Waals surface area (Å²) in [6.45, 7) is 5.47. The third kappa shape index (κ3) is 18.0. The van der Waals surface area contributed by atoms with E-state index < -0.39 is 0 Å². The molecular formula is C32H58N4O3. The molecule has 0 aliphatic rings. The summed E-state index contributed by atoms with van der Waals surface area (Å²) in [5.74, 6) is -0.704. The molecule has 2 unspecified atom stereocenters. The largest absolute Gasteiger partial charge is 0.508 e. The number of phenols is 1. The monoisotopic (exact) mass is 546 g/mol. The highest BCUT2D eigenvalue weighted by molar-refractivity contribution is 6.00. The van der Waals surface area contributed by atoms with E-state index in [1.807, 2.05) is 0 Å². The van der Waals surface area contributed by atoms with E-state index in [0.29, 0.717) is 13.1 Å². The molecule has 0 fully saturated rings. The number of nitrogens with two attached hydrogens (primary N) is 2. The lowest BCUT2D eigenvalue weighted by Gasteiger charge is -2.13. The van der Waals surface area contributed by atoms with Gasteiger partial charge in [0.05, 0.1) is 0 Å². The first-order valence-electron chi connectivity index (χ1n) is 15.8. The Morgan fingerprint density at radius 1 is 0.615 bits per heavy atom. The van der Waals surface area contributed by atoms with Crippen molar-refractivity contribution in [3.8, 4) is 5.75 Å². The van der Waals surface area contributed by atoms with Crippen LogP contribution < -0.4 is 22.1 Å². The molecule has 224 valence electrons. The van der Waals surface area contributed by atoms with Crippen molar-refractivity contribution in [2.45, 2.75) is 142 Å². The molecule has 0 radical (unpaired) electrons. The van der Waals surface area contributed by atoms with E-state index in [1.54, 1.807) is 0 Å². The topological polar surface area (TPSA) is 130 Å². The summed E-state index contributed by atoms with van der Waals surface area (Å²) in [7, 11) is 0. The minimum atomic E-state index is -0.301. The van der Waals surface area contributed by atoms with Gasteiger partial charge in [0, 0.05) is 36.3 Å². The summed E-state index contributed by atoms with van der Waals surface area (Å²) in [5.41, 5.74) is 13.0. The molecule has 2 amide bonds. The minimum absolute atomic E-state index is 0.102. The van der Waals surface area contributed by atoms with E-state index in [-0.39, 0.29) is 40.8 Å². The van der Waals surface area contributed by atoms with Crippen LogP contribution in [0.15, 0.2) is 18.2 Å². The van der Waals surface area contributed by atoms with E-state index in [0.717, 1.165) is 51.4 Å². The second-order valence-corrected chi connectivity index (χ2v) is 11.2. The number of phenolic OH excluding ortho intramolecular Hbond substituents is 1. The van der Waals surface area contributed by atoms with E-state index in [2.05, 4.69) is 24.5 Å². The molecule has 1 rings (SSSR count). The highest BCUT2D eigenvalue weighted by atomic mass is 16.3. The molecule has 2 atom stereocenters. The van der Waals surface area contributed by atoms with Crippen LogP contribution in [-0.2, 0) is 0 Å². The molecule has 39 heavy (non-hydrogen) atoms. The van der Waals surface area contributed by atoms with Gasteiger partial charge < -0.3 is 27.2 Å². The van der Waals surface area contributed by atoms with Crippen LogP contribution in [0.1, 0.15) is 150 Å². The number of aromatic hydroxyl groups is 1. The van der Waals surface area contributed by atoms with Gasteiger partial charge in [0.15, 0.2) is 0 Å². The molecule has 0 saturated carbocycles. The fourth-order valence-corrected chi connectivity index (χ4v) is 4.87. The van der Waals surface area contributed by atoms with Gasteiger partial charge in [-0.25, -0.2) is 0 Å². The number of carbonyl (C=O) groups excluding carboxylic acids is 2. The number of benzene rings is 1. The van der Waals surface area contributed by atoms with Crippen molar-refractivity contribution < 1.29 is 14.7 Å². The van der Waals surface area contributed by atoms with E-state index in [4.69, 9.17) is 11.5 Å². The van der Waals surface area contributed by atoms with Crippen LogP contribution in [0.5, 0.6) is 5.75 Å². The molecular weight excluding hydrogens is 488 g/mol. The first-order chi connectivity index (χ1) is 18.9. The van der Waals surface area contributed by atoms with E-state index >= 15 is 0 Å². The zero-order valence-electron chi connectivity index (χ0n) is 24.9. The lowest BCUT2D eigenvalue weighted by Crippen LogP contribution is -2.28. The molecule has 0 aliphatic carbocycles. The SMILES string of the molecule is CCCCCCCCC(N)CCCNC(=O)c1cc(O)cc(C(=O)NCCCC(N)CCCCCCCC)c1. The Balaban J connectivity index is 2.28. The van der Waals surface area contributed by atoms with Gasteiger partial charge in [0.1, 0.15) is 5.75 Å². The van der Waals surface area contributed by atoms with Crippen molar-refractivity contribution in [3.63, 3.8) is 0 Å². The Labute approximate surface area is 238 Å². The number of rotatable bonds is 24. The molecule has 1 aromatic rings. The van der Waals surface area contributed by atoms with Crippen LogP contribution in [0, 0.1) is 0 Å². The summed E-state index contributed by atoms with van der Waals surface area (Å²) < 4.78 is 0. The Morgan fingerprint density at radius 2 is 0.974 bits per heavy atom. The minimum Gasteiger partial charge on any atom is -0.508 e. The second-order valence-electron chi connectivity index (χ2n) is 11.2. The molecule has 0 aromatic heterocycles. The Kier molecular flexibility index (Phi) is 20.3. The van der Waals surface area contributed by atoms with Crippen LogP contribution in [0.3, 0.4) is 0 Å². The van der Waals surface area contributed by atoms with Gasteiger partial charge in [-0.1, -0.05) is 90.9 Å². The molecule has 0 aliphatic heterocycles. The maximum atomic E-state index is 12.6. The average Bonchev–Trinajstić information content (AvgIpc) is 2.92. The van der Waals surface area contributed by atoms with Gasteiger partial charge in [-0.05, 0) is 56.7 Å². The van der Waals surface area contributed by atoms with Crippen LogP contribution in [-0.4, -0.2) is 42.1 Å². The molecule has 1 aromatic carbocycles. The number of hydrogen-bond donors (Lipinski definition) is 5. The maximum absolute atomic E-state index is 12.6. The van der Waals surface area contributed by atoms with Crippen molar-refractivity contribution in [2.24, 2.45) is 11.5 Å². The molecule has 0 saturated heterocycles. The number of hydrogen-bond acceptors (Lipinski definition) is 5. The van der Waals surface area contributed by atoms with Crippen molar-refractivity contribution in [1.82, 2.24) is 10.6 Å². The van der Waals surface area contributed by atoms with Gasteiger partial charge in [-0.2, -0.15) is 0 Å². The predicted molar refractivity (Wildman–Crippen MR) is 163 cm³/mol. The third-order valence-corrected chi connectivity index (χ3v) is 7.37. The molecule has 0 spiro atoms. The van der Waals surface area contributed by atoms with Gasteiger partial charge in [0.2, 0.25) is 0 Å². The first-order valence-corrected chi connectivity index (χ1v) is 15.8. The molecule has 7 heteroatoms. The standard InChI is InChI=1S/C32H58N4O3/c1-3-5-7-9-11-13-17-28(33)19-15-21-35-31(38)26-23-27(25-30(37)24-26)32(39)36-22-16-20-29(34)18-14-12-10-8-6-4-2/h23-25,28-29,37H,3-22,33-34H2,1-2H3,(H,35,38)(H,36,39). The van der Waals surface area contributed by atoms with Gasteiger partial charge >= 0.3 is 0 Å². The van der Waals surface area contributed by atoms with Crippen molar-refractivity contribution in [3.05, 3.63) is 29.3 Å². The quantitative estimate of drug-likeness (QED) is 0.0936. The van der Waals surface area contributed by atoms with Crippen LogP contribution in [0.4, 0.5) is 0 Å². The first kappa shape index (κ1) is 34.9.